The van der Waals surface area contributed by atoms with Crippen LogP contribution in [0.3, 0.4) is 0 Å². The van der Waals surface area contributed by atoms with Gasteiger partial charge in [-0.1, -0.05) is 30.9 Å². The van der Waals surface area contributed by atoms with E-state index in [-0.39, 0.29) is 5.69 Å². The smallest absolute Gasteiger partial charge is 0.258 e. The van der Waals surface area contributed by atoms with Crippen molar-refractivity contribution >= 4 is 17.3 Å². The molecule has 0 aliphatic heterocycles. The van der Waals surface area contributed by atoms with Gasteiger partial charge in [-0.15, -0.1) is 0 Å². The van der Waals surface area contributed by atoms with Gasteiger partial charge in [0.25, 0.3) is 5.69 Å². The standard InChI is InChI=1S/C16H16ClN3O2/c17-15-10-14(11-4-2-1-3-5-11)18-16(19-15)12-6-8-13(9-7-12)20(21)22/h6-11H,1-5H2. The highest BCUT2D eigenvalue weighted by Gasteiger charge is 2.19. The summed E-state index contributed by atoms with van der Waals surface area (Å²) in [5, 5.41) is 11.1. The molecule has 1 saturated carbocycles. The molecular weight excluding hydrogens is 302 g/mol. The Kier molecular flexibility index (Phi) is 4.34. The molecule has 1 fully saturated rings. The fourth-order valence-corrected chi connectivity index (χ4v) is 3.10. The van der Waals surface area contributed by atoms with E-state index >= 15 is 0 Å². The molecule has 1 aliphatic carbocycles. The summed E-state index contributed by atoms with van der Waals surface area (Å²) >= 11 is 6.14. The number of nitro benzene ring substituents is 1. The Bertz CT molecular complexity index is 682. The van der Waals surface area contributed by atoms with Gasteiger partial charge in [-0.25, -0.2) is 9.97 Å². The van der Waals surface area contributed by atoms with Gasteiger partial charge in [0, 0.05) is 29.3 Å². The van der Waals surface area contributed by atoms with Gasteiger partial charge in [0.2, 0.25) is 0 Å². The van der Waals surface area contributed by atoms with Crippen LogP contribution in [0.1, 0.15) is 43.7 Å². The maximum atomic E-state index is 10.7. The number of aromatic nitrogens is 2. The zero-order valence-corrected chi connectivity index (χ0v) is 12.8. The lowest BCUT2D eigenvalue weighted by Crippen LogP contribution is -2.08. The number of hydrogen-bond donors (Lipinski definition) is 0. The lowest BCUT2D eigenvalue weighted by Gasteiger charge is -2.21. The minimum Gasteiger partial charge on any atom is -0.258 e. The first kappa shape index (κ1) is 14.9. The summed E-state index contributed by atoms with van der Waals surface area (Å²) in [6, 6.07) is 8.08. The molecule has 3 rings (SSSR count). The van der Waals surface area contributed by atoms with Crippen LogP contribution in [-0.4, -0.2) is 14.9 Å². The average molecular weight is 318 g/mol. The molecule has 0 amide bonds. The Morgan fingerprint density at radius 3 is 2.41 bits per heavy atom. The van der Waals surface area contributed by atoms with E-state index in [1.807, 2.05) is 6.07 Å². The van der Waals surface area contributed by atoms with Crippen molar-refractivity contribution in [2.75, 3.05) is 0 Å². The third kappa shape index (κ3) is 3.25. The van der Waals surface area contributed by atoms with E-state index in [2.05, 4.69) is 9.97 Å². The summed E-state index contributed by atoms with van der Waals surface area (Å²) in [5.41, 5.74) is 1.77. The van der Waals surface area contributed by atoms with E-state index < -0.39 is 4.92 Å². The number of nitro groups is 1. The molecule has 1 aliphatic rings. The molecule has 0 atom stereocenters. The van der Waals surface area contributed by atoms with Crippen LogP contribution in [0.5, 0.6) is 0 Å². The predicted molar refractivity (Wildman–Crippen MR) is 85.0 cm³/mol. The van der Waals surface area contributed by atoms with Crippen molar-refractivity contribution in [2.45, 2.75) is 38.0 Å². The fraction of sp³-hybridized carbons (Fsp3) is 0.375. The van der Waals surface area contributed by atoms with Crippen molar-refractivity contribution in [3.05, 3.63) is 51.3 Å². The molecule has 0 bridgehead atoms. The molecule has 1 heterocycles. The summed E-state index contributed by atoms with van der Waals surface area (Å²) in [6.07, 6.45) is 5.99. The van der Waals surface area contributed by atoms with Crippen LogP contribution in [0, 0.1) is 10.1 Å². The second-order valence-corrected chi connectivity index (χ2v) is 5.97. The quantitative estimate of drug-likeness (QED) is 0.465. The highest BCUT2D eigenvalue weighted by atomic mass is 35.5. The highest BCUT2D eigenvalue weighted by Crippen LogP contribution is 2.33. The molecule has 2 aromatic rings. The van der Waals surface area contributed by atoms with E-state index in [1.165, 1.54) is 31.4 Å². The zero-order valence-electron chi connectivity index (χ0n) is 12.0. The highest BCUT2D eigenvalue weighted by molar-refractivity contribution is 6.29. The van der Waals surface area contributed by atoms with Crippen LogP contribution in [0.2, 0.25) is 5.15 Å². The SMILES string of the molecule is O=[N+]([O-])c1ccc(-c2nc(Cl)cc(C3CCCCC3)n2)cc1. The number of halogens is 1. The molecule has 1 aromatic heterocycles. The minimum atomic E-state index is -0.421. The predicted octanol–water partition coefficient (Wildman–Crippen LogP) is 4.75. The van der Waals surface area contributed by atoms with Crippen molar-refractivity contribution < 1.29 is 4.92 Å². The molecule has 0 radical (unpaired) electrons. The molecule has 0 unspecified atom stereocenters. The van der Waals surface area contributed by atoms with E-state index in [1.54, 1.807) is 12.1 Å². The lowest BCUT2D eigenvalue weighted by molar-refractivity contribution is -0.384. The van der Waals surface area contributed by atoms with E-state index in [0.717, 1.165) is 24.1 Å². The summed E-state index contributed by atoms with van der Waals surface area (Å²) < 4.78 is 0. The van der Waals surface area contributed by atoms with Gasteiger partial charge in [0.05, 0.1) is 4.92 Å². The number of benzene rings is 1. The van der Waals surface area contributed by atoms with Gasteiger partial charge in [-0.05, 0) is 31.0 Å². The monoisotopic (exact) mass is 317 g/mol. The van der Waals surface area contributed by atoms with Gasteiger partial charge in [0.1, 0.15) is 5.15 Å². The Morgan fingerprint density at radius 1 is 1.09 bits per heavy atom. The maximum Gasteiger partial charge on any atom is 0.269 e. The van der Waals surface area contributed by atoms with Crippen LogP contribution >= 0.6 is 11.6 Å². The Morgan fingerprint density at radius 2 is 1.77 bits per heavy atom. The first-order chi connectivity index (χ1) is 10.6. The molecule has 5 nitrogen and oxygen atoms in total. The number of rotatable bonds is 3. The Balaban J connectivity index is 1.92. The Labute approximate surface area is 133 Å². The molecule has 1 aromatic carbocycles. The Hall–Kier alpha value is -2.01. The van der Waals surface area contributed by atoms with Crippen molar-refractivity contribution in [1.82, 2.24) is 9.97 Å². The molecule has 6 heteroatoms. The van der Waals surface area contributed by atoms with Gasteiger partial charge in [-0.3, -0.25) is 10.1 Å². The molecule has 0 spiro atoms. The second-order valence-electron chi connectivity index (χ2n) is 5.58. The largest absolute Gasteiger partial charge is 0.269 e. The second kappa shape index (κ2) is 6.40. The third-order valence-electron chi connectivity index (χ3n) is 4.07. The molecule has 0 N–H and O–H groups in total. The van der Waals surface area contributed by atoms with Gasteiger partial charge < -0.3 is 0 Å². The van der Waals surface area contributed by atoms with Crippen molar-refractivity contribution in [3.63, 3.8) is 0 Å². The van der Waals surface area contributed by atoms with Crippen LogP contribution in [0.15, 0.2) is 30.3 Å². The molecular formula is C16H16ClN3O2. The number of non-ortho nitro benzene ring substituents is 1. The maximum absolute atomic E-state index is 10.7. The fourth-order valence-electron chi connectivity index (χ4n) is 2.90. The van der Waals surface area contributed by atoms with E-state index in [9.17, 15) is 10.1 Å². The molecule has 114 valence electrons. The number of nitrogens with zero attached hydrogens (tertiary/aromatic N) is 3. The molecule has 0 saturated heterocycles. The molecule has 22 heavy (non-hydrogen) atoms. The number of hydrogen-bond acceptors (Lipinski definition) is 4. The summed E-state index contributed by atoms with van der Waals surface area (Å²) in [5.74, 6) is 0.967. The zero-order chi connectivity index (χ0) is 15.5. The van der Waals surface area contributed by atoms with E-state index in [4.69, 9.17) is 11.6 Å². The van der Waals surface area contributed by atoms with Crippen LogP contribution < -0.4 is 0 Å². The minimum absolute atomic E-state index is 0.0540. The first-order valence-corrected chi connectivity index (χ1v) is 7.80. The topological polar surface area (TPSA) is 68.9 Å². The van der Waals surface area contributed by atoms with Gasteiger partial charge in [-0.2, -0.15) is 0 Å². The van der Waals surface area contributed by atoms with Crippen LogP contribution in [0.4, 0.5) is 5.69 Å². The van der Waals surface area contributed by atoms with Crippen molar-refractivity contribution in [2.24, 2.45) is 0 Å². The summed E-state index contributed by atoms with van der Waals surface area (Å²) in [4.78, 5) is 19.2. The van der Waals surface area contributed by atoms with Gasteiger partial charge in [0.15, 0.2) is 5.82 Å². The van der Waals surface area contributed by atoms with Crippen LogP contribution in [-0.2, 0) is 0 Å². The van der Waals surface area contributed by atoms with E-state index in [0.29, 0.717) is 16.9 Å². The first-order valence-electron chi connectivity index (χ1n) is 7.43. The summed E-state index contributed by atoms with van der Waals surface area (Å²) in [6.45, 7) is 0. The third-order valence-corrected chi connectivity index (χ3v) is 4.27. The van der Waals surface area contributed by atoms with Gasteiger partial charge >= 0.3 is 0 Å². The van der Waals surface area contributed by atoms with Crippen molar-refractivity contribution in [3.8, 4) is 11.4 Å². The normalized spacial score (nSPS) is 15.7. The van der Waals surface area contributed by atoms with Crippen LogP contribution in [0.25, 0.3) is 11.4 Å². The lowest BCUT2D eigenvalue weighted by atomic mass is 9.87. The average Bonchev–Trinajstić information content (AvgIpc) is 2.55. The van der Waals surface area contributed by atoms with Crippen molar-refractivity contribution in [1.29, 1.82) is 0 Å². The summed E-state index contributed by atoms with van der Waals surface area (Å²) in [7, 11) is 0.